The van der Waals surface area contributed by atoms with E-state index in [2.05, 4.69) is 4.98 Å². The highest BCUT2D eigenvalue weighted by Crippen LogP contribution is 2.29. The van der Waals surface area contributed by atoms with Crippen LogP contribution in [0.3, 0.4) is 0 Å². The van der Waals surface area contributed by atoms with Crippen LogP contribution in [0.2, 0.25) is 5.15 Å². The van der Waals surface area contributed by atoms with Gasteiger partial charge in [-0.05, 0) is 24.1 Å². The molecule has 0 aliphatic carbocycles. The number of aromatic carboxylic acids is 1. The number of hydrogen-bond acceptors (Lipinski definition) is 2. The van der Waals surface area contributed by atoms with E-state index >= 15 is 0 Å². The number of nitrogens with zero attached hydrogens (tertiary/aromatic N) is 1. The third kappa shape index (κ3) is 2.02. The Morgan fingerprint density at radius 2 is 2.17 bits per heavy atom. The van der Waals surface area contributed by atoms with E-state index in [-0.39, 0.29) is 16.6 Å². The monoisotopic (exact) mass is 287 g/mol. The average molecular weight is 288 g/mol. The highest BCUT2D eigenvalue weighted by atomic mass is 35.5. The van der Waals surface area contributed by atoms with E-state index in [1.54, 1.807) is 6.92 Å². The van der Waals surface area contributed by atoms with Gasteiger partial charge in [0, 0.05) is 17.3 Å². The standard InChI is InChI=1S/C12H8Cl2FNO2/c1-5-2-6-7(4-13)10(12(17)18)11(14)16-9(6)3-8(5)15/h2-3H,4H2,1H3,(H,17,18). The van der Waals surface area contributed by atoms with Crippen LogP contribution in [0, 0.1) is 12.7 Å². The van der Waals surface area contributed by atoms with Crippen molar-refractivity contribution in [2.24, 2.45) is 0 Å². The van der Waals surface area contributed by atoms with E-state index in [0.717, 1.165) is 0 Å². The summed E-state index contributed by atoms with van der Waals surface area (Å²) < 4.78 is 13.4. The summed E-state index contributed by atoms with van der Waals surface area (Å²) in [7, 11) is 0. The first-order chi connectivity index (χ1) is 8.45. The minimum atomic E-state index is -1.20. The van der Waals surface area contributed by atoms with Crippen molar-refractivity contribution in [3.05, 3.63) is 39.8 Å². The van der Waals surface area contributed by atoms with Crippen molar-refractivity contribution in [3.63, 3.8) is 0 Å². The van der Waals surface area contributed by atoms with Gasteiger partial charge in [0.1, 0.15) is 16.5 Å². The summed E-state index contributed by atoms with van der Waals surface area (Å²) >= 11 is 11.6. The molecule has 18 heavy (non-hydrogen) atoms. The van der Waals surface area contributed by atoms with Crippen LogP contribution < -0.4 is 0 Å². The Morgan fingerprint density at radius 1 is 1.50 bits per heavy atom. The van der Waals surface area contributed by atoms with Crippen molar-refractivity contribution in [1.29, 1.82) is 0 Å². The molecule has 0 spiro atoms. The van der Waals surface area contributed by atoms with Crippen molar-refractivity contribution in [3.8, 4) is 0 Å². The fourth-order valence-electron chi connectivity index (χ4n) is 1.78. The fourth-order valence-corrected chi connectivity index (χ4v) is 2.35. The number of carboxylic acid groups (broad SMARTS) is 1. The molecule has 3 nitrogen and oxygen atoms in total. The number of rotatable bonds is 2. The third-order valence-electron chi connectivity index (χ3n) is 2.68. The van der Waals surface area contributed by atoms with Crippen LogP contribution in [-0.2, 0) is 5.88 Å². The van der Waals surface area contributed by atoms with Gasteiger partial charge in [0.25, 0.3) is 0 Å². The molecule has 0 amide bonds. The zero-order valence-electron chi connectivity index (χ0n) is 9.30. The molecule has 1 N–H and O–H groups in total. The molecule has 0 saturated heterocycles. The first kappa shape index (κ1) is 13.1. The second-order valence-electron chi connectivity index (χ2n) is 3.81. The quantitative estimate of drug-likeness (QED) is 0.676. The summed E-state index contributed by atoms with van der Waals surface area (Å²) in [4.78, 5) is 15.0. The lowest BCUT2D eigenvalue weighted by Gasteiger charge is -2.10. The molecule has 0 fully saturated rings. The Labute approximate surface area is 112 Å². The highest BCUT2D eigenvalue weighted by molar-refractivity contribution is 6.33. The maximum absolute atomic E-state index is 13.4. The molecule has 1 aromatic carbocycles. The molecule has 0 unspecified atom stereocenters. The molecule has 0 aliphatic rings. The summed E-state index contributed by atoms with van der Waals surface area (Å²) in [5, 5.41) is 9.42. The number of hydrogen-bond donors (Lipinski definition) is 1. The van der Waals surface area contributed by atoms with Crippen LogP contribution in [0.5, 0.6) is 0 Å². The highest BCUT2D eigenvalue weighted by Gasteiger charge is 2.19. The topological polar surface area (TPSA) is 50.2 Å². The molecule has 6 heteroatoms. The number of carbonyl (C=O) groups is 1. The van der Waals surface area contributed by atoms with Crippen LogP contribution in [0.15, 0.2) is 12.1 Å². The second-order valence-corrected chi connectivity index (χ2v) is 4.44. The summed E-state index contributed by atoms with van der Waals surface area (Å²) in [6.45, 7) is 1.59. The molecule has 94 valence electrons. The Bertz CT molecular complexity index is 658. The minimum Gasteiger partial charge on any atom is -0.478 e. The van der Waals surface area contributed by atoms with Crippen LogP contribution in [0.1, 0.15) is 21.5 Å². The van der Waals surface area contributed by atoms with E-state index in [1.165, 1.54) is 12.1 Å². The zero-order chi connectivity index (χ0) is 13.4. The van der Waals surface area contributed by atoms with Gasteiger partial charge in [0.05, 0.1) is 5.52 Å². The maximum Gasteiger partial charge on any atom is 0.339 e. The molecule has 0 atom stereocenters. The first-order valence-electron chi connectivity index (χ1n) is 5.03. The Hall–Kier alpha value is -1.39. The van der Waals surface area contributed by atoms with E-state index in [4.69, 9.17) is 28.3 Å². The smallest absolute Gasteiger partial charge is 0.339 e. The van der Waals surface area contributed by atoms with Gasteiger partial charge in [-0.15, -0.1) is 11.6 Å². The number of alkyl halides is 1. The second kappa shape index (κ2) is 4.71. The summed E-state index contributed by atoms with van der Waals surface area (Å²) in [6, 6.07) is 2.75. The molecule has 0 saturated carbocycles. The number of aromatic nitrogens is 1. The molecule has 0 bridgehead atoms. The molecular weight excluding hydrogens is 280 g/mol. The predicted octanol–water partition coefficient (Wildman–Crippen LogP) is 3.77. The normalized spacial score (nSPS) is 10.9. The van der Waals surface area contributed by atoms with Gasteiger partial charge in [-0.1, -0.05) is 11.6 Å². The van der Waals surface area contributed by atoms with Crippen LogP contribution in [0.25, 0.3) is 10.9 Å². The number of carboxylic acids is 1. The minimum absolute atomic E-state index is 0.0363. The number of benzene rings is 1. The van der Waals surface area contributed by atoms with E-state index in [0.29, 0.717) is 22.0 Å². The Balaban J connectivity index is 2.94. The summed E-state index contributed by atoms with van der Waals surface area (Å²) in [5.41, 5.74) is 0.908. The number of aryl methyl sites for hydroxylation is 1. The zero-order valence-corrected chi connectivity index (χ0v) is 10.8. The molecule has 0 radical (unpaired) electrons. The largest absolute Gasteiger partial charge is 0.478 e. The van der Waals surface area contributed by atoms with Crippen molar-refractivity contribution in [2.45, 2.75) is 12.8 Å². The van der Waals surface area contributed by atoms with Gasteiger partial charge in [0.15, 0.2) is 0 Å². The van der Waals surface area contributed by atoms with Gasteiger partial charge in [-0.25, -0.2) is 14.2 Å². The lowest BCUT2D eigenvalue weighted by molar-refractivity contribution is 0.0696. The molecule has 2 rings (SSSR count). The molecule has 1 aromatic heterocycles. The molecule has 2 aromatic rings. The van der Waals surface area contributed by atoms with Gasteiger partial charge in [-0.3, -0.25) is 0 Å². The number of halogens is 3. The van der Waals surface area contributed by atoms with Gasteiger partial charge < -0.3 is 5.11 Å². The fraction of sp³-hybridized carbons (Fsp3) is 0.167. The first-order valence-corrected chi connectivity index (χ1v) is 5.94. The van der Waals surface area contributed by atoms with Crippen LogP contribution >= 0.6 is 23.2 Å². The van der Waals surface area contributed by atoms with Gasteiger partial charge >= 0.3 is 5.97 Å². The van der Waals surface area contributed by atoms with Gasteiger partial charge in [-0.2, -0.15) is 0 Å². The van der Waals surface area contributed by atoms with E-state index in [9.17, 15) is 9.18 Å². The van der Waals surface area contributed by atoms with Crippen molar-refractivity contribution >= 4 is 40.1 Å². The van der Waals surface area contributed by atoms with E-state index < -0.39 is 11.8 Å². The molecule has 0 aliphatic heterocycles. The van der Waals surface area contributed by atoms with E-state index in [1.807, 2.05) is 0 Å². The Morgan fingerprint density at radius 3 is 2.72 bits per heavy atom. The van der Waals surface area contributed by atoms with Gasteiger partial charge in [0.2, 0.25) is 0 Å². The van der Waals surface area contributed by atoms with Crippen LogP contribution in [0.4, 0.5) is 4.39 Å². The van der Waals surface area contributed by atoms with Crippen molar-refractivity contribution in [2.75, 3.05) is 0 Å². The molecule has 1 heterocycles. The maximum atomic E-state index is 13.4. The molecular formula is C12H8Cl2FNO2. The number of pyridine rings is 1. The van der Waals surface area contributed by atoms with Crippen molar-refractivity contribution in [1.82, 2.24) is 4.98 Å². The van der Waals surface area contributed by atoms with Crippen LogP contribution in [-0.4, -0.2) is 16.1 Å². The summed E-state index contributed by atoms with van der Waals surface area (Å²) in [6.07, 6.45) is 0. The number of fused-ring (bicyclic) bond motifs is 1. The third-order valence-corrected chi connectivity index (χ3v) is 3.22. The Kier molecular flexibility index (Phi) is 3.41. The predicted molar refractivity (Wildman–Crippen MR) is 68.0 cm³/mol. The summed E-state index contributed by atoms with van der Waals surface area (Å²) in [5.74, 6) is -1.66. The lowest BCUT2D eigenvalue weighted by atomic mass is 10.0. The average Bonchev–Trinajstić information content (AvgIpc) is 2.29. The lowest BCUT2D eigenvalue weighted by Crippen LogP contribution is -2.05. The van der Waals surface area contributed by atoms with Crippen molar-refractivity contribution < 1.29 is 14.3 Å². The SMILES string of the molecule is Cc1cc2c(CCl)c(C(=O)O)c(Cl)nc2cc1F.